The Morgan fingerprint density at radius 2 is 2.04 bits per heavy atom. The molecule has 0 heterocycles. The van der Waals surface area contributed by atoms with Crippen LogP contribution < -0.4 is 0 Å². The molecule has 0 bridgehead atoms. The van der Waals surface area contributed by atoms with Crippen LogP contribution >= 0.6 is 0 Å². The summed E-state index contributed by atoms with van der Waals surface area (Å²) in [5.41, 5.74) is 1.67. The summed E-state index contributed by atoms with van der Waals surface area (Å²) in [6.07, 6.45) is 22.1. The lowest BCUT2D eigenvalue weighted by molar-refractivity contribution is 0.996. The van der Waals surface area contributed by atoms with Gasteiger partial charge in [0.25, 0.3) is 0 Å². The molecule has 0 atom stereocenters. The van der Waals surface area contributed by atoms with Crippen LogP contribution in [0.5, 0.6) is 0 Å². The highest BCUT2D eigenvalue weighted by Crippen LogP contribution is 2.14. The molecule has 1 rings (SSSR count). The van der Waals surface area contributed by atoms with E-state index in [9.17, 15) is 0 Å². The fourth-order valence-corrected chi connectivity index (χ4v) is 2.02. The van der Waals surface area contributed by atoms with E-state index in [-0.39, 0.29) is 5.84 Å². The highest BCUT2D eigenvalue weighted by Gasteiger charge is 2.08. The third kappa shape index (κ3) is 6.97. The van der Waals surface area contributed by atoms with Crippen molar-refractivity contribution < 1.29 is 0 Å². The van der Waals surface area contributed by atoms with Gasteiger partial charge >= 0.3 is 0 Å². The van der Waals surface area contributed by atoms with Gasteiger partial charge < -0.3 is 0 Å². The second kappa shape index (κ2) is 11.7. The van der Waals surface area contributed by atoms with E-state index in [0.717, 1.165) is 36.8 Å². The molecule has 0 unspecified atom stereocenters. The molecule has 124 valence electrons. The molecule has 0 radical (unpaired) electrons. The lowest BCUT2D eigenvalue weighted by Gasteiger charge is -2.08. The third-order valence-electron chi connectivity index (χ3n) is 3.26. The van der Waals surface area contributed by atoms with Crippen LogP contribution in [0.4, 0.5) is 0 Å². The summed E-state index contributed by atoms with van der Waals surface area (Å²) >= 11 is 0. The second-order valence-corrected chi connectivity index (χ2v) is 5.06. The minimum Gasteiger partial charge on any atom is -0.283 e. The predicted octanol–water partition coefficient (Wildman–Crippen LogP) is 5.53. The van der Waals surface area contributed by atoms with Gasteiger partial charge in [-0.05, 0) is 31.3 Å². The van der Waals surface area contributed by atoms with Gasteiger partial charge in [0.1, 0.15) is 5.84 Å². The Bertz CT molecular complexity index is 653. The van der Waals surface area contributed by atoms with Crippen molar-refractivity contribution in [3.8, 4) is 0 Å². The topological polar surface area (TPSA) is 48.6 Å². The van der Waals surface area contributed by atoms with E-state index in [4.69, 9.17) is 5.41 Å². The van der Waals surface area contributed by atoms with Gasteiger partial charge in [-0.2, -0.15) is 0 Å². The highest BCUT2D eigenvalue weighted by atomic mass is 14.9. The summed E-state index contributed by atoms with van der Waals surface area (Å²) in [6, 6.07) is 0. The number of aliphatic imine (C=N–C) groups is 2. The summed E-state index contributed by atoms with van der Waals surface area (Å²) in [7, 11) is 0. The Labute approximate surface area is 145 Å². The van der Waals surface area contributed by atoms with Gasteiger partial charge in [0.05, 0.1) is 0 Å². The predicted molar refractivity (Wildman–Crippen MR) is 107 cm³/mol. The monoisotopic (exact) mass is 319 g/mol. The van der Waals surface area contributed by atoms with E-state index >= 15 is 0 Å². The minimum absolute atomic E-state index is 0.245. The first-order valence-electron chi connectivity index (χ1n) is 8.01. The van der Waals surface area contributed by atoms with E-state index in [1.54, 1.807) is 24.3 Å². The van der Waals surface area contributed by atoms with Crippen LogP contribution in [0.3, 0.4) is 0 Å². The van der Waals surface area contributed by atoms with Crippen molar-refractivity contribution in [3.05, 3.63) is 85.6 Å². The van der Waals surface area contributed by atoms with Gasteiger partial charge in [0.2, 0.25) is 0 Å². The van der Waals surface area contributed by atoms with Crippen molar-refractivity contribution >= 4 is 17.9 Å². The zero-order chi connectivity index (χ0) is 17.6. The Balaban J connectivity index is 2.95. The number of amidine groups is 2. The molecule has 0 aromatic carbocycles. The second-order valence-electron chi connectivity index (χ2n) is 5.06. The summed E-state index contributed by atoms with van der Waals surface area (Å²) < 4.78 is 0. The fourth-order valence-electron chi connectivity index (χ4n) is 2.02. The number of rotatable bonds is 8. The molecule has 0 aliphatic heterocycles. The van der Waals surface area contributed by atoms with E-state index in [2.05, 4.69) is 35.8 Å². The fraction of sp³-hybridized carbons (Fsp3) is 0.190. The van der Waals surface area contributed by atoms with Crippen LogP contribution in [0, 0.1) is 5.41 Å². The van der Waals surface area contributed by atoms with E-state index < -0.39 is 0 Å². The molecule has 0 spiro atoms. The number of nitrogens with zero attached hydrogens (tertiary/aromatic N) is 2. The molecule has 0 saturated heterocycles. The summed E-state index contributed by atoms with van der Waals surface area (Å²) in [5.74, 6) is 0.730. The maximum Gasteiger partial charge on any atom is 0.161 e. The number of hydrogen-bond donors (Lipinski definition) is 1. The molecule has 0 saturated carbocycles. The molecular weight excluding hydrogens is 294 g/mol. The lowest BCUT2D eigenvalue weighted by atomic mass is 10.0. The van der Waals surface area contributed by atoms with Gasteiger partial charge in [0, 0.05) is 11.8 Å². The van der Waals surface area contributed by atoms with Crippen LogP contribution in [0.1, 0.15) is 25.7 Å². The molecule has 0 fully saturated rings. The molecule has 0 aromatic rings. The average Bonchev–Trinajstić information content (AvgIpc) is 2.62. The van der Waals surface area contributed by atoms with Gasteiger partial charge in [-0.3, -0.25) is 5.41 Å². The molecule has 1 aliphatic carbocycles. The van der Waals surface area contributed by atoms with Gasteiger partial charge in [-0.15, -0.1) is 0 Å². The zero-order valence-corrected chi connectivity index (χ0v) is 14.1. The molecule has 3 heteroatoms. The first-order chi connectivity index (χ1) is 11.7. The van der Waals surface area contributed by atoms with Crippen LogP contribution in [-0.2, 0) is 0 Å². The van der Waals surface area contributed by atoms with Crippen molar-refractivity contribution in [1.82, 2.24) is 0 Å². The zero-order valence-electron chi connectivity index (χ0n) is 14.1. The van der Waals surface area contributed by atoms with Gasteiger partial charge in [0.15, 0.2) is 5.84 Å². The van der Waals surface area contributed by atoms with Crippen molar-refractivity contribution in [2.24, 2.45) is 9.98 Å². The standard InChI is InChI=1S/C21H25N3/c1-4-7-8-9-13-17-23-21(18(6-3)14-5-2)24-20(22)19-15-11-10-12-16-19/h4-8,10-11,14-15,17,22H,1-3,9,12-13,16H2/b8-7-,18-14+,22-20?,23-17+,24-21-. The maximum absolute atomic E-state index is 8.21. The Kier molecular flexibility index (Phi) is 9.39. The third-order valence-corrected chi connectivity index (χ3v) is 3.26. The van der Waals surface area contributed by atoms with Crippen LogP contribution in [0.15, 0.2) is 95.6 Å². The van der Waals surface area contributed by atoms with Crippen LogP contribution in [0.2, 0.25) is 0 Å². The van der Waals surface area contributed by atoms with Crippen LogP contribution in [0.25, 0.3) is 0 Å². The quantitative estimate of drug-likeness (QED) is 0.265. The first kappa shape index (κ1) is 19.2. The molecular formula is C21H25N3. The largest absolute Gasteiger partial charge is 0.283 e. The van der Waals surface area contributed by atoms with E-state index in [1.165, 1.54) is 0 Å². The molecule has 0 amide bonds. The number of allylic oxidation sites excluding steroid dienone is 8. The number of nitrogens with one attached hydrogen (secondary N) is 1. The molecule has 24 heavy (non-hydrogen) atoms. The first-order valence-corrected chi connectivity index (χ1v) is 8.01. The highest BCUT2D eigenvalue weighted by molar-refractivity contribution is 6.13. The Morgan fingerprint density at radius 3 is 2.67 bits per heavy atom. The molecule has 0 aromatic heterocycles. The smallest absolute Gasteiger partial charge is 0.161 e. The van der Waals surface area contributed by atoms with Crippen LogP contribution in [-0.4, -0.2) is 17.9 Å². The van der Waals surface area contributed by atoms with Crippen molar-refractivity contribution in [2.45, 2.75) is 25.7 Å². The molecule has 3 nitrogen and oxygen atoms in total. The van der Waals surface area contributed by atoms with Gasteiger partial charge in [-0.25, -0.2) is 9.98 Å². The van der Waals surface area contributed by atoms with E-state index in [1.807, 2.05) is 30.5 Å². The van der Waals surface area contributed by atoms with Crippen molar-refractivity contribution in [1.29, 1.82) is 5.41 Å². The summed E-state index contributed by atoms with van der Waals surface area (Å²) in [6.45, 7) is 11.1. The number of unbranched alkanes of at least 4 members (excludes halogenated alkanes) is 1. The van der Waals surface area contributed by atoms with Crippen molar-refractivity contribution in [2.75, 3.05) is 0 Å². The lowest BCUT2D eigenvalue weighted by Crippen LogP contribution is -2.06. The Hall–Kier alpha value is -2.81. The van der Waals surface area contributed by atoms with E-state index in [0.29, 0.717) is 5.84 Å². The van der Waals surface area contributed by atoms with Gasteiger partial charge in [-0.1, -0.05) is 74.4 Å². The summed E-state index contributed by atoms with van der Waals surface area (Å²) in [4.78, 5) is 8.84. The van der Waals surface area contributed by atoms with Crippen molar-refractivity contribution in [3.63, 3.8) is 0 Å². The Morgan fingerprint density at radius 1 is 1.21 bits per heavy atom. The molecule has 1 N–H and O–H groups in total. The summed E-state index contributed by atoms with van der Waals surface area (Å²) in [5, 5.41) is 8.21. The molecule has 1 aliphatic rings. The normalized spacial score (nSPS) is 15.6. The number of hydrogen-bond acceptors (Lipinski definition) is 1. The minimum atomic E-state index is 0.245. The SMILES string of the molecule is C=C/C=C\CC/C=N/C(=N\C(=N)C1=CC=CCC1)C(/C=C)=C/C=C. The maximum atomic E-state index is 8.21. The average molecular weight is 319 g/mol.